The minimum absolute atomic E-state index is 0.185. The van der Waals surface area contributed by atoms with Gasteiger partial charge in [0, 0.05) is 5.56 Å². The number of benzene rings is 3. The lowest BCUT2D eigenvalue weighted by Crippen LogP contribution is -2.30. The van der Waals surface area contributed by atoms with E-state index in [4.69, 9.17) is 4.74 Å². The van der Waals surface area contributed by atoms with Crippen LogP contribution in [-0.4, -0.2) is 27.7 Å². The minimum atomic E-state index is -3.51. The summed E-state index contributed by atoms with van der Waals surface area (Å²) in [6.07, 6.45) is 1.22. The van der Waals surface area contributed by atoms with Gasteiger partial charge in [0.05, 0.1) is 31.6 Å². The Morgan fingerprint density at radius 3 is 2.03 bits per heavy atom. The first-order valence-corrected chi connectivity index (χ1v) is 14.3. The van der Waals surface area contributed by atoms with Gasteiger partial charge in [-0.1, -0.05) is 44.2 Å². The lowest BCUT2D eigenvalue weighted by Gasteiger charge is -2.26. The van der Waals surface area contributed by atoms with Gasteiger partial charge in [0.15, 0.2) is 0 Å². The zero-order valence-electron chi connectivity index (χ0n) is 23.0. The molecule has 0 saturated heterocycles. The fourth-order valence-corrected chi connectivity index (χ4v) is 5.66. The van der Waals surface area contributed by atoms with Crippen LogP contribution in [0.15, 0.2) is 54.6 Å². The van der Waals surface area contributed by atoms with Crippen LogP contribution in [-0.2, 0) is 16.6 Å². The Labute approximate surface area is 221 Å². The van der Waals surface area contributed by atoms with E-state index in [1.165, 1.54) is 10.6 Å². The third kappa shape index (κ3) is 6.52. The number of hydrogen-bond donors (Lipinski definition) is 1. The number of nitrogens with one attached hydrogen (secondary N) is 1. The van der Waals surface area contributed by atoms with Gasteiger partial charge in [-0.3, -0.25) is 9.10 Å². The van der Waals surface area contributed by atoms with E-state index in [0.29, 0.717) is 17.2 Å². The van der Waals surface area contributed by atoms with Gasteiger partial charge in [-0.15, -0.1) is 0 Å². The van der Waals surface area contributed by atoms with E-state index in [1.54, 1.807) is 31.4 Å². The highest BCUT2D eigenvalue weighted by atomic mass is 32.2. The van der Waals surface area contributed by atoms with Crippen molar-refractivity contribution in [2.24, 2.45) is 0 Å². The Bertz CT molecular complexity index is 1360. The van der Waals surface area contributed by atoms with Crippen LogP contribution in [0.1, 0.15) is 76.5 Å². The Morgan fingerprint density at radius 1 is 0.919 bits per heavy atom. The second-order valence-electron chi connectivity index (χ2n) is 10.0. The molecule has 0 aliphatic rings. The van der Waals surface area contributed by atoms with Crippen molar-refractivity contribution >= 4 is 21.6 Å². The van der Waals surface area contributed by atoms with Crippen molar-refractivity contribution < 1.29 is 17.9 Å². The third-order valence-electron chi connectivity index (χ3n) is 6.69. The summed E-state index contributed by atoms with van der Waals surface area (Å²) in [4.78, 5) is 13.0. The number of methoxy groups -OCH3 is 1. The molecule has 0 bridgehead atoms. The molecule has 37 heavy (non-hydrogen) atoms. The second-order valence-corrected chi connectivity index (χ2v) is 11.9. The van der Waals surface area contributed by atoms with Crippen molar-refractivity contribution in [2.45, 2.75) is 60.0 Å². The first kappa shape index (κ1) is 28.3. The highest BCUT2D eigenvalue weighted by Gasteiger charge is 2.22. The maximum atomic E-state index is 13.0. The number of ether oxygens (including phenoxy) is 1. The smallest absolute Gasteiger partial charge is 0.251 e. The zero-order chi connectivity index (χ0) is 27.5. The molecule has 0 spiro atoms. The van der Waals surface area contributed by atoms with Crippen molar-refractivity contribution in [3.05, 3.63) is 93.5 Å². The fraction of sp³-hybridized carbons (Fsp3) is 0.367. The number of sulfonamides is 1. The highest BCUT2D eigenvalue weighted by Crippen LogP contribution is 2.32. The van der Waals surface area contributed by atoms with Crippen LogP contribution >= 0.6 is 0 Å². The molecule has 0 aliphatic heterocycles. The molecule has 0 unspecified atom stereocenters. The van der Waals surface area contributed by atoms with Crippen LogP contribution in [0.2, 0.25) is 0 Å². The number of rotatable bonds is 9. The van der Waals surface area contributed by atoms with E-state index in [1.807, 2.05) is 52.0 Å². The van der Waals surface area contributed by atoms with Gasteiger partial charge in [0.25, 0.3) is 5.91 Å². The molecule has 0 heterocycles. The molecule has 3 rings (SSSR count). The van der Waals surface area contributed by atoms with Gasteiger partial charge in [-0.05, 0) is 91.3 Å². The van der Waals surface area contributed by atoms with Gasteiger partial charge in [0.2, 0.25) is 10.0 Å². The van der Waals surface area contributed by atoms with E-state index in [-0.39, 0.29) is 18.5 Å². The number of carbonyl (C=O) groups excluding carboxylic acids is 1. The average molecular weight is 523 g/mol. The molecule has 7 heteroatoms. The van der Waals surface area contributed by atoms with Gasteiger partial charge < -0.3 is 10.1 Å². The zero-order valence-corrected chi connectivity index (χ0v) is 23.9. The maximum absolute atomic E-state index is 13.0. The fourth-order valence-electron chi connectivity index (χ4n) is 4.66. The monoisotopic (exact) mass is 522 g/mol. The molecule has 1 N–H and O–H groups in total. The summed E-state index contributed by atoms with van der Waals surface area (Å²) in [5.74, 6) is 0.962. The molecular formula is C30H38N2O4S. The van der Waals surface area contributed by atoms with Crippen molar-refractivity contribution in [1.82, 2.24) is 5.32 Å². The predicted octanol–water partition coefficient (Wildman–Crippen LogP) is 6.20. The van der Waals surface area contributed by atoms with Crippen LogP contribution in [0.3, 0.4) is 0 Å². The summed E-state index contributed by atoms with van der Waals surface area (Å²) in [6, 6.07) is 16.8. The third-order valence-corrected chi connectivity index (χ3v) is 7.80. The summed E-state index contributed by atoms with van der Waals surface area (Å²) < 4.78 is 32.3. The molecule has 0 aromatic heterocycles. The molecule has 0 aliphatic carbocycles. The van der Waals surface area contributed by atoms with Gasteiger partial charge in [0.1, 0.15) is 5.75 Å². The molecular weight excluding hydrogens is 484 g/mol. The van der Waals surface area contributed by atoms with Crippen LogP contribution in [0, 0.1) is 20.8 Å². The van der Waals surface area contributed by atoms with Crippen LogP contribution in [0.4, 0.5) is 5.69 Å². The molecule has 0 fully saturated rings. The van der Waals surface area contributed by atoms with Crippen LogP contribution in [0.5, 0.6) is 5.75 Å². The van der Waals surface area contributed by atoms with Gasteiger partial charge in [-0.2, -0.15) is 0 Å². The summed E-state index contributed by atoms with van der Waals surface area (Å²) >= 11 is 0. The first-order valence-electron chi connectivity index (χ1n) is 12.5. The summed E-state index contributed by atoms with van der Waals surface area (Å²) in [5.41, 5.74) is 7.00. The van der Waals surface area contributed by atoms with E-state index in [2.05, 4.69) is 25.2 Å². The number of hydrogen-bond acceptors (Lipinski definition) is 4. The molecule has 198 valence electrons. The molecule has 0 radical (unpaired) electrons. The van der Waals surface area contributed by atoms with Crippen molar-refractivity contribution in [2.75, 3.05) is 17.7 Å². The molecule has 3 aromatic rings. The SMILES string of the molecule is COc1cc(C)c([C@@H](C)NC(=O)c2ccc(CN(c3c(C)cccc3C)S(C)(=O)=O)cc2)cc1C(C)C. The largest absolute Gasteiger partial charge is 0.496 e. The van der Waals surface area contributed by atoms with E-state index in [0.717, 1.165) is 39.1 Å². The standard InChI is InChI=1S/C30H38N2O4S/c1-19(2)26-17-27(22(5)16-28(26)36-7)23(6)31-30(33)25-14-12-24(13-15-25)18-32(37(8,34)35)29-20(3)10-9-11-21(29)4/h9-17,19,23H,18H2,1-8H3,(H,31,33)/t23-/m1/s1. The number of nitrogens with zero attached hydrogens (tertiary/aromatic N) is 1. The lowest BCUT2D eigenvalue weighted by molar-refractivity contribution is 0.0939. The predicted molar refractivity (Wildman–Crippen MR) is 151 cm³/mol. The van der Waals surface area contributed by atoms with Gasteiger partial charge in [-0.25, -0.2) is 8.42 Å². The Kier molecular flexibility index (Phi) is 8.69. The van der Waals surface area contributed by atoms with Crippen molar-refractivity contribution in [3.8, 4) is 5.75 Å². The van der Waals surface area contributed by atoms with Crippen LogP contribution in [0.25, 0.3) is 0 Å². The van der Waals surface area contributed by atoms with Crippen molar-refractivity contribution in [3.63, 3.8) is 0 Å². The normalized spacial score (nSPS) is 12.4. The molecule has 1 atom stereocenters. The number of aryl methyl sites for hydroxylation is 3. The topological polar surface area (TPSA) is 75.7 Å². The Balaban J connectivity index is 1.80. The summed E-state index contributed by atoms with van der Waals surface area (Å²) in [6.45, 7) is 12.2. The summed E-state index contributed by atoms with van der Waals surface area (Å²) in [5, 5.41) is 3.10. The molecule has 1 amide bonds. The number of amides is 1. The molecule has 3 aromatic carbocycles. The number of anilines is 1. The summed E-state index contributed by atoms with van der Waals surface area (Å²) in [7, 11) is -1.83. The second kappa shape index (κ2) is 11.4. The molecule has 6 nitrogen and oxygen atoms in total. The quantitative estimate of drug-likeness (QED) is 0.363. The number of carbonyl (C=O) groups is 1. The minimum Gasteiger partial charge on any atom is -0.496 e. The lowest BCUT2D eigenvalue weighted by atomic mass is 9.93. The Hall–Kier alpha value is -3.32. The van der Waals surface area contributed by atoms with E-state index >= 15 is 0 Å². The number of para-hydroxylation sites is 1. The highest BCUT2D eigenvalue weighted by molar-refractivity contribution is 7.92. The first-order chi connectivity index (χ1) is 17.3. The Morgan fingerprint density at radius 2 is 1.51 bits per heavy atom. The van der Waals surface area contributed by atoms with Gasteiger partial charge >= 0.3 is 0 Å². The maximum Gasteiger partial charge on any atom is 0.251 e. The van der Waals surface area contributed by atoms with E-state index in [9.17, 15) is 13.2 Å². The van der Waals surface area contributed by atoms with Crippen molar-refractivity contribution in [1.29, 1.82) is 0 Å². The van der Waals surface area contributed by atoms with E-state index < -0.39 is 10.0 Å². The van der Waals surface area contributed by atoms with Crippen LogP contribution < -0.4 is 14.4 Å². The molecule has 0 saturated carbocycles. The average Bonchev–Trinajstić information content (AvgIpc) is 2.82.